The molecule has 10 nitrogen and oxygen atoms in total. The average Bonchev–Trinajstić information content (AvgIpc) is 3.09. The van der Waals surface area contributed by atoms with Crippen molar-refractivity contribution in [2.45, 2.75) is 6.92 Å². The molecule has 1 aromatic heterocycles. The van der Waals surface area contributed by atoms with E-state index in [0.717, 1.165) is 6.07 Å². The Morgan fingerprint density at radius 3 is 2.62 bits per heavy atom. The number of fused-ring (bicyclic) bond motifs is 1. The van der Waals surface area contributed by atoms with Gasteiger partial charge in [0.1, 0.15) is 35.7 Å². The van der Waals surface area contributed by atoms with E-state index >= 15 is 0 Å². The van der Waals surface area contributed by atoms with Crippen molar-refractivity contribution in [1.82, 2.24) is 9.78 Å². The van der Waals surface area contributed by atoms with Gasteiger partial charge in [0.2, 0.25) is 0 Å². The van der Waals surface area contributed by atoms with Crippen molar-refractivity contribution in [3.05, 3.63) is 73.5 Å². The van der Waals surface area contributed by atoms with Crippen molar-refractivity contribution in [3.63, 3.8) is 0 Å². The van der Waals surface area contributed by atoms with Crippen LogP contribution in [-0.2, 0) is 4.79 Å². The molecule has 172 valence electrons. The molecular formula is C22H15Cl2N5O5. The van der Waals surface area contributed by atoms with E-state index in [2.05, 4.69) is 10.4 Å². The molecular weight excluding hydrogens is 485 g/mol. The van der Waals surface area contributed by atoms with Gasteiger partial charge in [-0.3, -0.25) is 14.9 Å². The van der Waals surface area contributed by atoms with Crippen molar-refractivity contribution in [1.29, 1.82) is 5.26 Å². The lowest BCUT2D eigenvalue weighted by atomic mass is 10.1. The van der Waals surface area contributed by atoms with Crippen molar-refractivity contribution in [2.75, 3.05) is 18.5 Å². The molecule has 0 saturated heterocycles. The second kappa shape index (κ2) is 9.43. The number of carbonyl (C=O) groups excluding carboxylic acids is 1. The van der Waals surface area contributed by atoms with Crippen LogP contribution in [0.2, 0.25) is 10.2 Å². The molecule has 2 heterocycles. The summed E-state index contributed by atoms with van der Waals surface area (Å²) in [6.45, 7) is 2.17. The van der Waals surface area contributed by atoms with Crippen LogP contribution in [0.25, 0.3) is 11.8 Å². The lowest BCUT2D eigenvalue weighted by Gasteiger charge is -2.19. The lowest BCUT2D eigenvalue weighted by Crippen LogP contribution is -2.18. The van der Waals surface area contributed by atoms with E-state index in [9.17, 15) is 20.2 Å². The molecule has 0 saturated carbocycles. The molecule has 0 atom stereocenters. The summed E-state index contributed by atoms with van der Waals surface area (Å²) in [4.78, 5) is 23.7. The number of nitro benzene ring substituents is 1. The summed E-state index contributed by atoms with van der Waals surface area (Å²) in [7, 11) is 0. The number of nitrogens with zero attached hydrogens (tertiary/aromatic N) is 4. The molecule has 12 heteroatoms. The molecule has 3 aromatic rings. The Labute approximate surface area is 203 Å². The minimum atomic E-state index is -0.867. The van der Waals surface area contributed by atoms with Crippen LogP contribution in [0.3, 0.4) is 0 Å². The predicted octanol–water partition coefficient (Wildman–Crippen LogP) is 4.71. The number of rotatable bonds is 5. The van der Waals surface area contributed by atoms with Gasteiger partial charge in [0, 0.05) is 16.7 Å². The third kappa shape index (κ3) is 4.52. The molecule has 4 rings (SSSR count). The minimum absolute atomic E-state index is 0.141. The van der Waals surface area contributed by atoms with Gasteiger partial charge < -0.3 is 14.8 Å². The van der Waals surface area contributed by atoms with Gasteiger partial charge in [-0.15, -0.1) is 0 Å². The summed E-state index contributed by atoms with van der Waals surface area (Å²) >= 11 is 12.5. The molecule has 0 spiro atoms. The number of hydrogen-bond donors (Lipinski definition) is 1. The highest BCUT2D eigenvalue weighted by Gasteiger charge is 2.25. The fourth-order valence-electron chi connectivity index (χ4n) is 3.27. The van der Waals surface area contributed by atoms with Crippen LogP contribution < -0.4 is 14.8 Å². The SMILES string of the molecule is Cc1nn(-c2cccc(Cl)c2)c(Cl)c1/C=C(\C#N)C(=O)Nc1cc2c(cc1[N+](=O)[O-])OCCO2. The zero-order valence-electron chi connectivity index (χ0n) is 17.5. The number of nitriles is 1. The fourth-order valence-corrected chi connectivity index (χ4v) is 3.78. The van der Waals surface area contributed by atoms with Gasteiger partial charge in [0.05, 0.1) is 22.4 Å². The third-order valence-corrected chi connectivity index (χ3v) is 5.46. The van der Waals surface area contributed by atoms with E-state index in [1.807, 2.05) is 0 Å². The topological polar surface area (TPSA) is 132 Å². The summed E-state index contributed by atoms with van der Waals surface area (Å²) in [5.41, 5.74) is 0.506. The number of benzene rings is 2. The molecule has 0 unspecified atom stereocenters. The zero-order valence-corrected chi connectivity index (χ0v) is 19.1. The molecule has 0 aliphatic carbocycles. The number of aryl methyl sites for hydroxylation is 1. The van der Waals surface area contributed by atoms with Crippen LogP contribution in [0.5, 0.6) is 11.5 Å². The van der Waals surface area contributed by atoms with Crippen molar-refractivity contribution >= 4 is 46.6 Å². The number of hydrogen-bond acceptors (Lipinski definition) is 7. The molecule has 1 aliphatic rings. The molecule has 34 heavy (non-hydrogen) atoms. The smallest absolute Gasteiger partial charge is 0.296 e. The summed E-state index contributed by atoms with van der Waals surface area (Å²) in [5.74, 6) is -0.424. The normalized spacial score (nSPS) is 12.7. The van der Waals surface area contributed by atoms with Crippen LogP contribution in [-0.4, -0.2) is 33.8 Å². The Balaban J connectivity index is 1.68. The van der Waals surface area contributed by atoms with Gasteiger partial charge in [0.25, 0.3) is 11.6 Å². The first-order valence-electron chi connectivity index (χ1n) is 9.80. The Bertz CT molecular complexity index is 1390. The van der Waals surface area contributed by atoms with Gasteiger partial charge in [-0.05, 0) is 31.2 Å². The number of amides is 1. The first kappa shape index (κ1) is 23.1. The first-order chi connectivity index (χ1) is 16.3. The van der Waals surface area contributed by atoms with Gasteiger partial charge in [-0.2, -0.15) is 10.4 Å². The molecule has 0 fully saturated rings. The van der Waals surface area contributed by atoms with Crippen LogP contribution in [0.1, 0.15) is 11.3 Å². The van der Waals surface area contributed by atoms with Crippen molar-refractivity contribution in [3.8, 4) is 23.3 Å². The standard InChI is InChI=1S/C22H15Cl2N5O5/c1-12-16(21(24)28(27-12)15-4-2-3-14(23)8-15)7-13(11-25)22(30)26-17-9-19-20(34-6-5-33-19)10-18(17)29(31)32/h2-4,7-10H,5-6H2,1H3,(H,26,30)/b13-7+. The Hall–Kier alpha value is -4.07. The number of aromatic nitrogens is 2. The van der Waals surface area contributed by atoms with Crippen molar-refractivity contribution < 1.29 is 19.2 Å². The Morgan fingerprint density at radius 2 is 1.97 bits per heavy atom. The maximum Gasteiger partial charge on any atom is 0.296 e. The van der Waals surface area contributed by atoms with E-state index in [1.54, 1.807) is 37.3 Å². The first-order valence-corrected chi connectivity index (χ1v) is 10.6. The number of ether oxygens (including phenoxy) is 2. The monoisotopic (exact) mass is 499 g/mol. The van der Waals surface area contributed by atoms with Gasteiger partial charge in [0.15, 0.2) is 11.5 Å². The highest BCUT2D eigenvalue weighted by atomic mass is 35.5. The summed E-state index contributed by atoms with van der Waals surface area (Å²) in [5, 5.41) is 28.5. The average molecular weight is 500 g/mol. The summed E-state index contributed by atoms with van der Waals surface area (Å²) in [6.07, 6.45) is 1.27. The van der Waals surface area contributed by atoms with Crippen molar-refractivity contribution in [2.24, 2.45) is 0 Å². The van der Waals surface area contributed by atoms with Crippen LogP contribution in [0.4, 0.5) is 11.4 Å². The third-order valence-electron chi connectivity index (χ3n) is 4.86. The molecule has 1 N–H and O–H groups in total. The fraction of sp³-hybridized carbons (Fsp3) is 0.136. The number of nitro groups is 1. The minimum Gasteiger partial charge on any atom is -0.486 e. The second-order valence-electron chi connectivity index (χ2n) is 7.08. The van der Waals surface area contributed by atoms with Gasteiger partial charge in [-0.1, -0.05) is 29.3 Å². The molecule has 2 aromatic carbocycles. The molecule has 0 bridgehead atoms. The molecule has 1 amide bonds. The number of carbonyl (C=O) groups is 1. The Morgan fingerprint density at radius 1 is 1.26 bits per heavy atom. The van der Waals surface area contributed by atoms with Gasteiger partial charge in [-0.25, -0.2) is 4.68 Å². The van der Waals surface area contributed by atoms with E-state index in [-0.39, 0.29) is 41.1 Å². The number of nitrogens with one attached hydrogen (secondary N) is 1. The highest BCUT2D eigenvalue weighted by Crippen LogP contribution is 2.39. The van der Waals surface area contributed by atoms with E-state index < -0.39 is 16.5 Å². The van der Waals surface area contributed by atoms with E-state index in [1.165, 1.54) is 16.8 Å². The number of halogens is 2. The maximum absolute atomic E-state index is 12.9. The second-order valence-corrected chi connectivity index (χ2v) is 7.87. The van der Waals surface area contributed by atoms with Crippen LogP contribution >= 0.6 is 23.2 Å². The van der Waals surface area contributed by atoms with Crippen LogP contribution in [0.15, 0.2) is 42.0 Å². The summed E-state index contributed by atoms with van der Waals surface area (Å²) in [6, 6.07) is 11.1. The zero-order chi connectivity index (χ0) is 24.4. The predicted molar refractivity (Wildman–Crippen MR) is 125 cm³/mol. The van der Waals surface area contributed by atoms with Gasteiger partial charge >= 0.3 is 0 Å². The quantitative estimate of drug-likeness (QED) is 0.232. The maximum atomic E-state index is 12.9. The Kier molecular flexibility index (Phi) is 6.40. The highest BCUT2D eigenvalue weighted by molar-refractivity contribution is 6.32. The van der Waals surface area contributed by atoms with E-state index in [0.29, 0.717) is 22.0 Å². The number of anilines is 1. The van der Waals surface area contributed by atoms with Crippen LogP contribution in [0, 0.1) is 28.4 Å². The molecule has 0 radical (unpaired) electrons. The summed E-state index contributed by atoms with van der Waals surface area (Å²) < 4.78 is 12.2. The lowest BCUT2D eigenvalue weighted by molar-refractivity contribution is -0.384. The largest absolute Gasteiger partial charge is 0.486 e. The van der Waals surface area contributed by atoms with E-state index in [4.69, 9.17) is 32.7 Å². The molecule has 1 aliphatic heterocycles.